The van der Waals surface area contributed by atoms with Crippen LogP contribution in [0, 0.1) is 6.92 Å². The van der Waals surface area contributed by atoms with Crippen LogP contribution in [0.15, 0.2) is 47.4 Å². The maximum atomic E-state index is 13.7. The number of benzene rings is 2. The van der Waals surface area contributed by atoms with Crippen LogP contribution >= 0.6 is 35.5 Å². The zero-order chi connectivity index (χ0) is 20.8. The Morgan fingerprint density at radius 2 is 1.77 bits per heavy atom. The van der Waals surface area contributed by atoms with E-state index in [0.717, 1.165) is 56.8 Å². The average Bonchev–Trinajstić information content (AvgIpc) is 3.17. The second kappa shape index (κ2) is 11.7. The summed E-state index contributed by atoms with van der Waals surface area (Å²) in [5, 5.41) is 0.780. The van der Waals surface area contributed by atoms with Crippen molar-refractivity contribution in [3.8, 4) is 0 Å². The van der Waals surface area contributed by atoms with E-state index in [9.17, 15) is 4.79 Å². The molecule has 0 atom stereocenters. The third-order valence-electron chi connectivity index (χ3n) is 5.04. The molecule has 1 aromatic heterocycles. The van der Waals surface area contributed by atoms with Crippen molar-refractivity contribution in [2.24, 2.45) is 0 Å². The number of thioether (sulfide) groups is 1. The summed E-state index contributed by atoms with van der Waals surface area (Å²) in [7, 11) is 0. The average molecular weight is 464 g/mol. The molecular formula is C23H30ClN3OS2. The van der Waals surface area contributed by atoms with Gasteiger partial charge in [-0.3, -0.25) is 9.69 Å². The van der Waals surface area contributed by atoms with E-state index < -0.39 is 0 Å². The Balaban J connectivity index is 0.00000320. The second-order valence-electron chi connectivity index (χ2n) is 6.83. The highest BCUT2D eigenvalue weighted by Crippen LogP contribution is 2.32. The standard InChI is InChI=1S/C23H29N3OS2.ClH/c1-5-25(6-2)15-16-26(22(27)18-12-8-9-13-19(18)28-7-3)23-24-21-17(4)11-10-14-20(21)29-23;/h8-14H,5-7,15-16H2,1-4H3;1H. The lowest BCUT2D eigenvalue weighted by Gasteiger charge is -2.25. The lowest BCUT2D eigenvalue weighted by molar-refractivity contribution is 0.0981. The van der Waals surface area contributed by atoms with Crippen molar-refractivity contribution in [3.63, 3.8) is 0 Å². The van der Waals surface area contributed by atoms with Gasteiger partial charge in [-0.15, -0.1) is 24.2 Å². The number of thiazole rings is 1. The third-order valence-corrected chi connectivity index (χ3v) is 7.04. The number of para-hydroxylation sites is 1. The van der Waals surface area contributed by atoms with Crippen LogP contribution in [0.1, 0.15) is 36.7 Å². The van der Waals surface area contributed by atoms with Gasteiger partial charge in [-0.25, -0.2) is 4.98 Å². The molecule has 7 heteroatoms. The fraction of sp³-hybridized carbons (Fsp3) is 0.391. The zero-order valence-corrected chi connectivity index (χ0v) is 20.5. The summed E-state index contributed by atoms with van der Waals surface area (Å²) < 4.78 is 1.12. The Bertz CT molecular complexity index is 972. The monoisotopic (exact) mass is 463 g/mol. The Kier molecular flexibility index (Phi) is 9.62. The molecule has 30 heavy (non-hydrogen) atoms. The number of carbonyl (C=O) groups excluding carboxylic acids is 1. The molecule has 0 unspecified atom stereocenters. The molecule has 0 aliphatic rings. The smallest absolute Gasteiger partial charge is 0.261 e. The molecule has 1 amide bonds. The largest absolute Gasteiger partial charge is 0.302 e. The molecule has 2 aromatic carbocycles. The van der Waals surface area contributed by atoms with E-state index in [0.29, 0.717) is 6.54 Å². The summed E-state index contributed by atoms with van der Waals surface area (Å²) in [6.45, 7) is 11.9. The summed E-state index contributed by atoms with van der Waals surface area (Å²) in [5.41, 5.74) is 2.89. The van der Waals surface area contributed by atoms with Crippen LogP contribution in [0.2, 0.25) is 0 Å². The van der Waals surface area contributed by atoms with Gasteiger partial charge < -0.3 is 4.90 Å². The first-order valence-corrected chi connectivity index (χ1v) is 12.0. The third kappa shape index (κ3) is 5.55. The number of halogens is 1. The number of likely N-dealkylation sites (N-methyl/N-ethyl adjacent to an activating group) is 1. The number of carbonyl (C=O) groups is 1. The maximum Gasteiger partial charge on any atom is 0.261 e. The Morgan fingerprint density at radius 1 is 1.03 bits per heavy atom. The van der Waals surface area contributed by atoms with Gasteiger partial charge in [0.05, 0.1) is 15.8 Å². The minimum absolute atomic E-state index is 0. The van der Waals surface area contributed by atoms with Crippen molar-refractivity contribution >= 4 is 56.8 Å². The lowest BCUT2D eigenvalue weighted by atomic mass is 10.2. The van der Waals surface area contributed by atoms with Gasteiger partial charge in [-0.2, -0.15) is 0 Å². The van der Waals surface area contributed by atoms with Crippen LogP contribution in [0.25, 0.3) is 10.2 Å². The van der Waals surface area contributed by atoms with Crippen LogP contribution in [-0.4, -0.2) is 47.7 Å². The van der Waals surface area contributed by atoms with Crippen molar-refractivity contribution in [2.45, 2.75) is 32.6 Å². The second-order valence-corrected chi connectivity index (χ2v) is 9.15. The normalized spacial score (nSPS) is 11.0. The number of hydrogen-bond donors (Lipinski definition) is 0. The highest BCUT2D eigenvalue weighted by atomic mass is 35.5. The topological polar surface area (TPSA) is 36.4 Å². The molecule has 0 saturated heterocycles. The predicted octanol–water partition coefficient (Wildman–Crippen LogP) is 6.13. The molecule has 0 radical (unpaired) electrons. The lowest BCUT2D eigenvalue weighted by Crippen LogP contribution is -2.39. The Hall–Kier alpha value is -1.60. The van der Waals surface area contributed by atoms with Gasteiger partial charge in [0, 0.05) is 18.0 Å². The quantitative estimate of drug-likeness (QED) is 0.358. The van der Waals surface area contributed by atoms with Crippen molar-refractivity contribution in [1.29, 1.82) is 0 Å². The maximum absolute atomic E-state index is 13.7. The highest BCUT2D eigenvalue weighted by Gasteiger charge is 2.24. The van der Waals surface area contributed by atoms with Gasteiger partial charge in [0.25, 0.3) is 5.91 Å². The highest BCUT2D eigenvalue weighted by molar-refractivity contribution is 7.99. The fourth-order valence-electron chi connectivity index (χ4n) is 3.33. The molecule has 0 aliphatic heterocycles. The van der Waals surface area contributed by atoms with Crippen molar-refractivity contribution < 1.29 is 4.79 Å². The number of fused-ring (bicyclic) bond motifs is 1. The molecule has 4 nitrogen and oxygen atoms in total. The first kappa shape index (κ1) is 24.7. The number of hydrogen-bond acceptors (Lipinski definition) is 5. The molecule has 0 aliphatic carbocycles. The SMILES string of the molecule is CCSc1ccccc1C(=O)N(CCN(CC)CC)c1nc2c(C)cccc2s1.Cl. The van der Waals surface area contributed by atoms with Gasteiger partial charge in [0.15, 0.2) is 5.13 Å². The van der Waals surface area contributed by atoms with E-state index in [4.69, 9.17) is 4.98 Å². The Morgan fingerprint density at radius 3 is 2.43 bits per heavy atom. The van der Waals surface area contributed by atoms with Crippen LogP contribution in [0.4, 0.5) is 5.13 Å². The molecule has 3 rings (SSSR count). The van der Waals surface area contributed by atoms with E-state index in [2.05, 4.69) is 50.8 Å². The number of aromatic nitrogens is 1. The summed E-state index contributed by atoms with van der Waals surface area (Å²) in [5.74, 6) is 0.967. The van der Waals surface area contributed by atoms with Crippen molar-refractivity contribution in [2.75, 3.05) is 36.8 Å². The van der Waals surface area contributed by atoms with Crippen molar-refractivity contribution in [3.05, 3.63) is 53.6 Å². The van der Waals surface area contributed by atoms with Gasteiger partial charge >= 0.3 is 0 Å². The van der Waals surface area contributed by atoms with Crippen molar-refractivity contribution in [1.82, 2.24) is 9.88 Å². The molecule has 0 spiro atoms. The van der Waals surface area contributed by atoms with E-state index in [1.165, 1.54) is 0 Å². The number of amides is 1. The van der Waals surface area contributed by atoms with E-state index >= 15 is 0 Å². The summed E-state index contributed by atoms with van der Waals surface area (Å²) in [6, 6.07) is 14.1. The molecule has 1 heterocycles. The van der Waals surface area contributed by atoms with Crippen LogP contribution in [0.3, 0.4) is 0 Å². The van der Waals surface area contributed by atoms with Gasteiger partial charge in [-0.05, 0) is 49.5 Å². The number of nitrogens with zero attached hydrogens (tertiary/aromatic N) is 3. The van der Waals surface area contributed by atoms with Crippen LogP contribution < -0.4 is 4.90 Å². The molecule has 3 aromatic rings. The predicted molar refractivity (Wildman–Crippen MR) is 134 cm³/mol. The molecule has 0 fully saturated rings. The molecule has 0 bridgehead atoms. The summed E-state index contributed by atoms with van der Waals surface area (Å²) in [6.07, 6.45) is 0. The number of rotatable bonds is 9. The molecule has 162 valence electrons. The van der Waals surface area contributed by atoms with Crippen LogP contribution in [0.5, 0.6) is 0 Å². The first-order chi connectivity index (χ1) is 14.1. The van der Waals surface area contributed by atoms with E-state index in [1.54, 1.807) is 23.1 Å². The number of anilines is 1. The van der Waals surface area contributed by atoms with Gasteiger partial charge in [0.1, 0.15) is 0 Å². The minimum Gasteiger partial charge on any atom is -0.302 e. The zero-order valence-electron chi connectivity index (χ0n) is 18.1. The summed E-state index contributed by atoms with van der Waals surface area (Å²) in [4.78, 5) is 23.8. The minimum atomic E-state index is 0. The van der Waals surface area contributed by atoms with E-state index in [1.807, 2.05) is 29.2 Å². The van der Waals surface area contributed by atoms with E-state index in [-0.39, 0.29) is 18.3 Å². The molecule has 0 N–H and O–H groups in total. The molecular weight excluding hydrogens is 434 g/mol. The first-order valence-electron chi connectivity index (χ1n) is 10.2. The summed E-state index contributed by atoms with van der Waals surface area (Å²) >= 11 is 3.31. The fourth-order valence-corrected chi connectivity index (χ4v) is 5.19. The Labute approximate surface area is 194 Å². The van der Waals surface area contributed by atoms with Gasteiger partial charge in [-0.1, -0.05) is 56.4 Å². The molecule has 0 saturated carbocycles. The van der Waals surface area contributed by atoms with Gasteiger partial charge in [0.2, 0.25) is 0 Å². The number of aryl methyl sites for hydroxylation is 1. The van der Waals surface area contributed by atoms with Crippen LogP contribution in [-0.2, 0) is 0 Å².